The number of aromatic nitrogens is 1. The Hall–Kier alpha value is -1.98. The third-order valence-electron chi connectivity index (χ3n) is 4.97. The Labute approximate surface area is 148 Å². The Morgan fingerprint density at radius 2 is 2.20 bits per heavy atom. The summed E-state index contributed by atoms with van der Waals surface area (Å²) in [5.74, 6) is -0.934. The smallest absolute Gasteiger partial charge is 0.337 e. The Morgan fingerprint density at radius 3 is 2.92 bits per heavy atom. The lowest BCUT2D eigenvalue weighted by molar-refractivity contribution is -0.0107. The highest BCUT2D eigenvalue weighted by molar-refractivity contribution is 6.02. The summed E-state index contributed by atoms with van der Waals surface area (Å²) in [6.07, 6.45) is 5.00. The Morgan fingerprint density at radius 1 is 1.36 bits per heavy atom. The highest BCUT2D eigenvalue weighted by Gasteiger charge is 2.31. The lowest BCUT2D eigenvalue weighted by Crippen LogP contribution is -2.40. The van der Waals surface area contributed by atoms with E-state index in [1.54, 1.807) is 12.3 Å². The predicted octanol–water partition coefficient (Wildman–Crippen LogP) is 3.89. The zero-order valence-corrected chi connectivity index (χ0v) is 14.9. The van der Waals surface area contributed by atoms with Gasteiger partial charge in [0.05, 0.1) is 17.2 Å². The standard InChI is InChI=1S/C20H26N2O3/c1-3-11-22-12-9-14(25-4-2)13-18(22)15-7-8-17(20(23)24)19-16(15)6-5-10-21-19/h5-8,10,14,18H,3-4,9,11-13H2,1-2H3,(H,23,24)/t14-,18-/m0/s1. The number of pyridine rings is 1. The number of benzene rings is 1. The molecule has 3 rings (SSSR count). The largest absolute Gasteiger partial charge is 0.478 e. The maximum atomic E-state index is 11.5. The highest BCUT2D eigenvalue weighted by Crippen LogP contribution is 2.36. The zero-order valence-electron chi connectivity index (χ0n) is 14.9. The van der Waals surface area contributed by atoms with Crippen LogP contribution in [0.25, 0.3) is 10.9 Å². The molecule has 1 aliphatic heterocycles. The second kappa shape index (κ2) is 7.93. The average Bonchev–Trinajstić information content (AvgIpc) is 2.62. The topological polar surface area (TPSA) is 62.7 Å². The summed E-state index contributed by atoms with van der Waals surface area (Å²) in [5.41, 5.74) is 1.99. The molecule has 0 unspecified atom stereocenters. The molecule has 134 valence electrons. The van der Waals surface area contributed by atoms with Gasteiger partial charge in [-0.25, -0.2) is 4.79 Å². The Kier molecular flexibility index (Phi) is 5.66. The SMILES string of the molecule is CCCN1CC[C@H](OCC)C[C@H]1c1ccc(C(=O)O)c2ncccc12. The van der Waals surface area contributed by atoms with Crippen LogP contribution in [0.4, 0.5) is 0 Å². The van der Waals surface area contributed by atoms with Gasteiger partial charge in [-0.3, -0.25) is 9.88 Å². The molecule has 5 nitrogen and oxygen atoms in total. The molecular formula is C20H26N2O3. The van der Waals surface area contributed by atoms with Gasteiger partial charge in [-0.05, 0) is 50.4 Å². The van der Waals surface area contributed by atoms with Crippen LogP contribution < -0.4 is 0 Å². The van der Waals surface area contributed by atoms with E-state index in [-0.39, 0.29) is 17.7 Å². The molecular weight excluding hydrogens is 316 g/mol. The van der Waals surface area contributed by atoms with E-state index < -0.39 is 5.97 Å². The van der Waals surface area contributed by atoms with E-state index in [1.165, 1.54) is 0 Å². The van der Waals surface area contributed by atoms with Crippen molar-refractivity contribution in [1.29, 1.82) is 0 Å². The molecule has 0 amide bonds. The monoisotopic (exact) mass is 342 g/mol. The first-order valence-corrected chi connectivity index (χ1v) is 9.12. The van der Waals surface area contributed by atoms with Gasteiger partial charge in [0.25, 0.3) is 0 Å². The van der Waals surface area contributed by atoms with Gasteiger partial charge in [0.15, 0.2) is 0 Å². The molecule has 0 bridgehead atoms. The molecule has 1 fully saturated rings. The third-order valence-corrected chi connectivity index (χ3v) is 4.97. The molecule has 1 N–H and O–H groups in total. The Bertz CT molecular complexity index is 747. The summed E-state index contributed by atoms with van der Waals surface area (Å²) >= 11 is 0. The fraction of sp³-hybridized carbons (Fsp3) is 0.500. The first kappa shape index (κ1) is 17.8. The number of rotatable bonds is 6. The summed E-state index contributed by atoms with van der Waals surface area (Å²) in [6, 6.07) is 7.76. The molecule has 1 saturated heterocycles. The van der Waals surface area contributed by atoms with Crippen LogP contribution in [0.2, 0.25) is 0 Å². The number of carbonyl (C=O) groups is 1. The number of carboxylic acid groups (broad SMARTS) is 1. The molecule has 2 aromatic rings. The quantitative estimate of drug-likeness (QED) is 0.863. The minimum atomic E-state index is -0.934. The van der Waals surface area contributed by atoms with E-state index in [2.05, 4.69) is 16.8 Å². The molecule has 25 heavy (non-hydrogen) atoms. The van der Waals surface area contributed by atoms with Gasteiger partial charge in [-0.1, -0.05) is 19.1 Å². The summed E-state index contributed by atoms with van der Waals surface area (Å²) in [7, 11) is 0. The van der Waals surface area contributed by atoms with Crippen LogP contribution in [0, 0.1) is 0 Å². The van der Waals surface area contributed by atoms with Crippen LogP contribution in [0.3, 0.4) is 0 Å². The number of carboxylic acids is 1. The van der Waals surface area contributed by atoms with Crippen molar-refractivity contribution in [2.75, 3.05) is 19.7 Å². The summed E-state index contributed by atoms with van der Waals surface area (Å²) in [6.45, 7) is 7.00. The average molecular weight is 342 g/mol. The van der Waals surface area contributed by atoms with Gasteiger partial charge in [0.1, 0.15) is 0 Å². The molecule has 2 atom stereocenters. The van der Waals surface area contributed by atoms with Gasteiger partial charge >= 0.3 is 5.97 Å². The molecule has 0 aliphatic carbocycles. The molecule has 1 aliphatic rings. The van der Waals surface area contributed by atoms with Gasteiger partial charge in [-0.2, -0.15) is 0 Å². The fourth-order valence-corrected chi connectivity index (χ4v) is 3.91. The molecule has 1 aromatic carbocycles. The van der Waals surface area contributed by atoms with E-state index in [0.717, 1.165) is 49.9 Å². The maximum Gasteiger partial charge on any atom is 0.337 e. The normalized spacial score (nSPS) is 21.5. The van der Waals surface area contributed by atoms with E-state index in [1.807, 2.05) is 25.1 Å². The number of nitrogens with zero attached hydrogens (tertiary/aromatic N) is 2. The minimum absolute atomic E-state index is 0.236. The van der Waals surface area contributed by atoms with Crippen molar-refractivity contribution in [1.82, 2.24) is 9.88 Å². The molecule has 0 radical (unpaired) electrons. The molecule has 0 spiro atoms. The van der Waals surface area contributed by atoms with Crippen LogP contribution in [-0.2, 0) is 4.74 Å². The predicted molar refractivity (Wildman–Crippen MR) is 98.0 cm³/mol. The van der Waals surface area contributed by atoms with E-state index in [9.17, 15) is 9.90 Å². The number of fused-ring (bicyclic) bond motifs is 1. The fourth-order valence-electron chi connectivity index (χ4n) is 3.91. The second-order valence-electron chi connectivity index (χ2n) is 6.56. The Balaban J connectivity index is 2.05. The number of aromatic carboxylic acids is 1. The zero-order chi connectivity index (χ0) is 17.8. The summed E-state index contributed by atoms with van der Waals surface area (Å²) in [5, 5.41) is 10.4. The van der Waals surface area contributed by atoms with Crippen molar-refractivity contribution < 1.29 is 14.6 Å². The molecule has 2 heterocycles. The van der Waals surface area contributed by atoms with Gasteiger partial charge < -0.3 is 9.84 Å². The van der Waals surface area contributed by atoms with Crippen molar-refractivity contribution in [3.8, 4) is 0 Å². The van der Waals surface area contributed by atoms with Crippen LogP contribution in [0.1, 0.15) is 55.1 Å². The number of piperidine rings is 1. The lowest BCUT2D eigenvalue weighted by atomic mass is 9.89. The lowest BCUT2D eigenvalue weighted by Gasteiger charge is -2.40. The van der Waals surface area contributed by atoms with Crippen LogP contribution in [0.15, 0.2) is 30.5 Å². The second-order valence-corrected chi connectivity index (χ2v) is 6.56. The highest BCUT2D eigenvalue weighted by atomic mass is 16.5. The van der Waals surface area contributed by atoms with Crippen molar-refractivity contribution in [3.63, 3.8) is 0 Å². The summed E-state index contributed by atoms with van der Waals surface area (Å²) in [4.78, 5) is 18.4. The number of hydrogen-bond acceptors (Lipinski definition) is 4. The number of ether oxygens (including phenoxy) is 1. The molecule has 5 heteroatoms. The van der Waals surface area contributed by atoms with Gasteiger partial charge in [0, 0.05) is 30.8 Å². The van der Waals surface area contributed by atoms with E-state index in [0.29, 0.717) is 5.52 Å². The maximum absolute atomic E-state index is 11.5. The van der Waals surface area contributed by atoms with Crippen molar-refractivity contribution in [2.45, 2.75) is 45.3 Å². The van der Waals surface area contributed by atoms with Gasteiger partial charge in [-0.15, -0.1) is 0 Å². The molecule has 1 aromatic heterocycles. The van der Waals surface area contributed by atoms with E-state index in [4.69, 9.17) is 4.74 Å². The number of hydrogen-bond donors (Lipinski definition) is 1. The first-order valence-electron chi connectivity index (χ1n) is 9.12. The van der Waals surface area contributed by atoms with Crippen molar-refractivity contribution in [3.05, 3.63) is 41.6 Å². The number of likely N-dealkylation sites (tertiary alicyclic amines) is 1. The van der Waals surface area contributed by atoms with Crippen LogP contribution in [0.5, 0.6) is 0 Å². The third kappa shape index (κ3) is 3.67. The minimum Gasteiger partial charge on any atom is -0.478 e. The van der Waals surface area contributed by atoms with Crippen molar-refractivity contribution >= 4 is 16.9 Å². The first-order chi connectivity index (χ1) is 12.2. The molecule has 0 saturated carbocycles. The van der Waals surface area contributed by atoms with Crippen molar-refractivity contribution in [2.24, 2.45) is 0 Å². The summed E-state index contributed by atoms with van der Waals surface area (Å²) < 4.78 is 5.90. The van der Waals surface area contributed by atoms with E-state index >= 15 is 0 Å². The van der Waals surface area contributed by atoms with Crippen LogP contribution >= 0.6 is 0 Å². The van der Waals surface area contributed by atoms with Gasteiger partial charge in [0.2, 0.25) is 0 Å². The van der Waals surface area contributed by atoms with Crippen LogP contribution in [-0.4, -0.2) is 46.8 Å².